The van der Waals surface area contributed by atoms with E-state index in [2.05, 4.69) is 5.10 Å². The molecule has 0 spiro atoms. The van der Waals surface area contributed by atoms with Gasteiger partial charge in [0.15, 0.2) is 5.82 Å². The average Bonchev–Trinajstić information content (AvgIpc) is 3.08. The van der Waals surface area contributed by atoms with Crippen LogP contribution in [0.25, 0.3) is 5.69 Å². The quantitative estimate of drug-likeness (QED) is 0.824. The van der Waals surface area contributed by atoms with Gasteiger partial charge in [0.2, 0.25) is 5.91 Å². The molecule has 0 bridgehead atoms. The topological polar surface area (TPSA) is 75.4 Å². The molecule has 0 atom stereocenters. The first-order chi connectivity index (χ1) is 13.0. The van der Waals surface area contributed by atoms with E-state index in [4.69, 9.17) is 0 Å². The van der Waals surface area contributed by atoms with E-state index in [1.165, 1.54) is 30.1 Å². The fourth-order valence-electron chi connectivity index (χ4n) is 3.79. The molecule has 1 fully saturated rings. The molecule has 144 valence electrons. The highest BCUT2D eigenvalue weighted by molar-refractivity contribution is 6.01. The molecule has 1 aliphatic rings. The minimum absolute atomic E-state index is 0.0438. The number of carboxylic acids is 1. The molecule has 6 nitrogen and oxygen atoms in total. The lowest BCUT2D eigenvalue weighted by Gasteiger charge is -2.28. The van der Waals surface area contributed by atoms with Crippen molar-refractivity contribution in [1.29, 1.82) is 0 Å². The monoisotopic (exact) mass is 369 g/mol. The second-order valence-corrected chi connectivity index (χ2v) is 7.52. The Kier molecular flexibility index (Phi) is 5.94. The van der Waals surface area contributed by atoms with Crippen LogP contribution in [-0.4, -0.2) is 32.8 Å². The maximum atomic E-state index is 13.1. The molecule has 0 saturated heterocycles. The summed E-state index contributed by atoms with van der Waals surface area (Å²) in [5.74, 6) is -0.514. The van der Waals surface area contributed by atoms with Gasteiger partial charge in [-0.3, -0.25) is 9.69 Å². The van der Waals surface area contributed by atoms with Crippen LogP contribution in [0.2, 0.25) is 0 Å². The zero-order chi connectivity index (χ0) is 19.4. The van der Waals surface area contributed by atoms with E-state index in [0.29, 0.717) is 12.3 Å². The van der Waals surface area contributed by atoms with Crippen molar-refractivity contribution < 1.29 is 14.7 Å². The van der Waals surface area contributed by atoms with Crippen molar-refractivity contribution in [3.63, 3.8) is 0 Å². The number of anilines is 1. The third kappa shape index (κ3) is 4.38. The van der Waals surface area contributed by atoms with Crippen molar-refractivity contribution in [3.8, 4) is 5.69 Å². The first kappa shape index (κ1) is 19.1. The molecule has 6 heteroatoms. The lowest BCUT2D eigenvalue weighted by atomic mass is 9.86. The lowest BCUT2D eigenvalue weighted by Crippen LogP contribution is -2.39. The van der Waals surface area contributed by atoms with E-state index in [1.54, 1.807) is 4.90 Å². The molecule has 1 saturated carbocycles. The summed E-state index contributed by atoms with van der Waals surface area (Å²) in [7, 11) is 0. The minimum Gasteiger partial charge on any atom is -0.477 e. The van der Waals surface area contributed by atoms with E-state index in [1.807, 2.05) is 44.2 Å². The molecular formula is C21H27N3O3. The molecule has 0 aliphatic heterocycles. The number of benzene rings is 1. The number of para-hydroxylation sites is 1. The van der Waals surface area contributed by atoms with E-state index in [0.717, 1.165) is 18.5 Å². The number of rotatable bonds is 6. The van der Waals surface area contributed by atoms with Crippen LogP contribution in [0.5, 0.6) is 0 Å². The normalized spacial score (nSPS) is 15.1. The van der Waals surface area contributed by atoms with Crippen molar-refractivity contribution in [2.24, 2.45) is 5.92 Å². The van der Waals surface area contributed by atoms with Gasteiger partial charge in [-0.25, -0.2) is 9.48 Å². The Morgan fingerprint density at radius 2 is 1.85 bits per heavy atom. The molecule has 3 rings (SSSR count). The Labute approximate surface area is 159 Å². The third-order valence-electron chi connectivity index (χ3n) is 5.15. The first-order valence-corrected chi connectivity index (χ1v) is 9.68. The number of nitrogens with zero attached hydrogens (tertiary/aromatic N) is 3. The Balaban J connectivity index is 1.93. The van der Waals surface area contributed by atoms with E-state index >= 15 is 0 Å². The van der Waals surface area contributed by atoms with Gasteiger partial charge >= 0.3 is 5.97 Å². The van der Waals surface area contributed by atoms with Crippen LogP contribution in [-0.2, 0) is 4.79 Å². The number of carbonyl (C=O) groups is 2. The third-order valence-corrected chi connectivity index (χ3v) is 5.15. The number of aromatic carboxylic acids is 1. The average molecular weight is 369 g/mol. The van der Waals surface area contributed by atoms with Crippen molar-refractivity contribution in [2.45, 2.75) is 58.4 Å². The van der Waals surface area contributed by atoms with Gasteiger partial charge in [-0.05, 0) is 44.7 Å². The zero-order valence-electron chi connectivity index (χ0n) is 16.0. The van der Waals surface area contributed by atoms with Crippen LogP contribution < -0.4 is 4.90 Å². The van der Waals surface area contributed by atoms with E-state index in [9.17, 15) is 14.7 Å². The number of aromatic nitrogens is 2. The molecular weight excluding hydrogens is 342 g/mol. The fraction of sp³-hybridized carbons (Fsp3) is 0.476. The van der Waals surface area contributed by atoms with Gasteiger partial charge in [-0.15, -0.1) is 5.10 Å². The zero-order valence-corrected chi connectivity index (χ0v) is 16.0. The minimum atomic E-state index is -1.08. The van der Waals surface area contributed by atoms with Crippen LogP contribution in [0.1, 0.15) is 62.7 Å². The summed E-state index contributed by atoms with van der Waals surface area (Å²) in [5.41, 5.74) is 0.805. The SMILES string of the molecule is CC(C)N(C(=O)CC1CCCCC1)c1nn(-c2ccccc2)cc1C(=O)O. The summed E-state index contributed by atoms with van der Waals surface area (Å²) >= 11 is 0. The highest BCUT2D eigenvalue weighted by atomic mass is 16.4. The molecule has 2 aromatic rings. The molecule has 1 aliphatic carbocycles. The van der Waals surface area contributed by atoms with Crippen LogP contribution in [0, 0.1) is 5.92 Å². The summed E-state index contributed by atoms with van der Waals surface area (Å²) in [4.78, 5) is 26.4. The van der Waals surface area contributed by atoms with Gasteiger partial charge in [0.1, 0.15) is 5.56 Å². The molecule has 1 N–H and O–H groups in total. The van der Waals surface area contributed by atoms with Crippen molar-refractivity contribution in [3.05, 3.63) is 42.1 Å². The number of amides is 1. The maximum absolute atomic E-state index is 13.1. The number of carbonyl (C=O) groups excluding carboxylic acids is 1. The van der Waals surface area contributed by atoms with Gasteiger partial charge in [0.05, 0.1) is 5.69 Å². The molecule has 27 heavy (non-hydrogen) atoms. The second kappa shape index (κ2) is 8.37. The smallest absolute Gasteiger partial charge is 0.341 e. The standard InChI is InChI=1S/C21H27N3O3/c1-15(2)24(19(25)13-16-9-5-3-6-10-16)20-18(21(26)27)14-23(22-20)17-11-7-4-8-12-17/h4,7-8,11-12,14-16H,3,5-6,9-10,13H2,1-2H3,(H,26,27). The van der Waals surface area contributed by atoms with E-state index in [-0.39, 0.29) is 23.3 Å². The van der Waals surface area contributed by atoms with Gasteiger partial charge in [0.25, 0.3) is 0 Å². The Morgan fingerprint density at radius 3 is 2.44 bits per heavy atom. The highest BCUT2D eigenvalue weighted by Crippen LogP contribution is 2.29. The number of hydrogen-bond donors (Lipinski definition) is 1. The molecule has 1 amide bonds. The summed E-state index contributed by atoms with van der Waals surface area (Å²) in [6.07, 6.45) is 7.66. The number of carboxylic acid groups (broad SMARTS) is 1. The Hall–Kier alpha value is -2.63. The fourth-order valence-corrected chi connectivity index (χ4v) is 3.79. The maximum Gasteiger partial charge on any atom is 0.341 e. The van der Waals surface area contributed by atoms with Gasteiger partial charge in [-0.2, -0.15) is 0 Å². The highest BCUT2D eigenvalue weighted by Gasteiger charge is 2.30. The van der Waals surface area contributed by atoms with Crippen molar-refractivity contribution in [2.75, 3.05) is 4.90 Å². The Morgan fingerprint density at radius 1 is 1.19 bits per heavy atom. The van der Waals surface area contributed by atoms with Crippen LogP contribution in [0.3, 0.4) is 0 Å². The second-order valence-electron chi connectivity index (χ2n) is 7.52. The van der Waals surface area contributed by atoms with Crippen molar-refractivity contribution in [1.82, 2.24) is 9.78 Å². The molecule has 1 aromatic heterocycles. The largest absolute Gasteiger partial charge is 0.477 e. The van der Waals surface area contributed by atoms with Gasteiger partial charge in [0, 0.05) is 18.7 Å². The van der Waals surface area contributed by atoms with Crippen LogP contribution in [0.4, 0.5) is 5.82 Å². The predicted octanol–water partition coefficient (Wildman–Crippen LogP) is 4.28. The van der Waals surface area contributed by atoms with E-state index < -0.39 is 5.97 Å². The Bertz CT molecular complexity index is 792. The van der Waals surface area contributed by atoms with Gasteiger partial charge < -0.3 is 5.11 Å². The number of hydrogen-bond acceptors (Lipinski definition) is 3. The first-order valence-electron chi connectivity index (χ1n) is 9.68. The summed E-state index contributed by atoms with van der Waals surface area (Å²) in [6, 6.07) is 9.16. The summed E-state index contributed by atoms with van der Waals surface area (Å²) in [6.45, 7) is 3.79. The van der Waals surface area contributed by atoms with Crippen LogP contribution >= 0.6 is 0 Å². The van der Waals surface area contributed by atoms with Gasteiger partial charge in [-0.1, -0.05) is 37.5 Å². The molecule has 0 radical (unpaired) electrons. The lowest BCUT2D eigenvalue weighted by molar-refractivity contribution is -0.120. The molecule has 0 unspecified atom stereocenters. The summed E-state index contributed by atoms with van der Waals surface area (Å²) < 4.78 is 1.53. The van der Waals surface area contributed by atoms with Crippen LogP contribution in [0.15, 0.2) is 36.5 Å². The predicted molar refractivity (Wildman–Crippen MR) is 104 cm³/mol. The van der Waals surface area contributed by atoms with Crippen molar-refractivity contribution >= 4 is 17.7 Å². The molecule has 1 heterocycles. The molecule has 1 aromatic carbocycles. The summed E-state index contributed by atoms with van der Waals surface area (Å²) in [5, 5.41) is 14.1.